The summed E-state index contributed by atoms with van der Waals surface area (Å²) < 4.78 is 0. The van der Waals surface area contributed by atoms with E-state index >= 15 is 0 Å². The van der Waals surface area contributed by atoms with Gasteiger partial charge < -0.3 is 0 Å². The molecule has 0 aliphatic carbocycles. The highest BCUT2D eigenvalue weighted by Crippen LogP contribution is 2.42. The molecule has 0 aliphatic rings. The standard InChI is InChI=1S/C41H34P2/c1-30-24-25-31-14-8-11-21-37(31)40(30)41-33(27-26-32-15-9-12-22-38(32)41)28-42-39-23-13-10-16-34(39)29-43(35-17-4-2-5-18-35)36-19-6-3-7-20-36/h2-27,42H,28-29H2,1H3. The number of fused-ring (bicyclic) bond motifs is 2. The zero-order valence-electron chi connectivity index (χ0n) is 24.4. The van der Waals surface area contributed by atoms with E-state index in [1.54, 1.807) is 0 Å². The Morgan fingerprint density at radius 2 is 1.00 bits per heavy atom. The van der Waals surface area contributed by atoms with Crippen LogP contribution in [0, 0.1) is 6.92 Å². The molecule has 1 atom stereocenters. The van der Waals surface area contributed by atoms with Gasteiger partial charge in [0.2, 0.25) is 0 Å². The predicted molar refractivity (Wildman–Crippen MR) is 192 cm³/mol. The normalized spacial score (nSPS) is 11.7. The molecule has 43 heavy (non-hydrogen) atoms. The van der Waals surface area contributed by atoms with Crippen LogP contribution >= 0.6 is 16.5 Å². The molecular formula is C41H34P2. The molecule has 0 fully saturated rings. The lowest BCUT2D eigenvalue weighted by Gasteiger charge is -2.21. The third-order valence-corrected chi connectivity index (χ3v) is 12.3. The lowest BCUT2D eigenvalue weighted by molar-refractivity contribution is 1.40. The Balaban J connectivity index is 1.28. The van der Waals surface area contributed by atoms with Gasteiger partial charge in [0.25, 0.3) is 0 Å². The van der Waals surface area contributed by atoms with E-state index in [1.165, 1.54) is 65.3 Å². The average Bonchev–Trinajstić information content (AvgIpc) is 3.07. The lowest BCUT2D eigenvalue weighted by Crippen LogP contribution is -2.15. The van der Waals surface area contributed by atoms with Crippen LogP contribution in [0.15, 0.2) is 158 Å². The van der Waals surface area contributed by atoms with Crippen molar-refractivity contribution in [3.63, 3.8) is 0 Å². The molecule has 0 heterocycles. The lowest BCUT2D eigenvalue weighted by atomic mass is 9.88. The Bertz CT molecular complexity index is 1970. The maximum Gasteiger partial charge on any atom is 0.00137 e. The van der Waals surface area contributed by atoms with E-state index in [0.29, 0.717) is 8.58 Å². The molecule has 7 rings (SSSR count). The first-order valence-corrected chi connectivity index (χ1v) is 17.7. The number of hydrogen-bond acceptors (Lipinski definition) is 0. The van der Waals surface area contributed by atoms with Crippen LogP contribution in [0.4, 0.5) is 0 Å². The molecule has 7 aromatic carbocycles. The van der Waals surface area contributed by atoms with Crippen molar-refractivity contribution in [3.8, 4) is 11.1 Å². The molecule has 0 radical (unpaired) electrons. The predicted octanol–water partition coefficient (Wildman–Crippen LogP) is 10.1. The summed E-state index contributed by atoms with van der Waals surface area (Å²) in [5, 5.41) is 9.62. The minimum Gasteiger partial charge on any atom is -0.0856 e. The maximum absolute atomic E-state index is 2.38. The minimum absolute atomic E-state index is 0.494. The highest BCUT2D eigenvalue weighted by Gasteiger charge is 2.18. The Kier molecular flexibility index (Phi) is 8.16. The van der Waals surface area contributed by atoms with E-state index in [4.69, 9.17) is 0 Å². The van der Waals surface area contributed by atoms with Gasteiger partial charge in [0.05, 0.1) is 0 Å². The molecule has 0 N–H and O–H groups in total. The van der Waals surface area contributed by atoms with Crippen molar-refractivity contribution in [2.45, 2.75) is 19.2 Å². The highest BCUT2D eigenvalue weighted by molar-refractivity contribution is 7.72. The van der Waals surface area contributed by atoms with Gasteiger partial charge in [0.15, 0.2) is 0 Å². The van der Waals surface area contributed by atoms with Crippen molar-refractivity contribution in [3.05, 3.63) is 174 Å². The summed E-state index contributed by atoms with van der Waals surface area (Å²) >= 11 is 0. The Labute approximate surface area is 258 Å². The molecule has 0 spiro atoms. The van der Waals surface area contributed by atoms with Crippen LogP contribution in [0.5, 0.6) is 0 Å². The summed E-state index contributed by atoms with van der Waals surface area (Å²) in [7, 11) is 0.198. The van der Waals surface area contributed by atoms with Crippen molar-refractivity contribution in [1.29, 1.82) is 0 Å². The van der Waals surface area contributed by atoms with Gasteiger partial charge in [0, 0.05) is 6.16 Å². The summed E-state index contributed by atoms with van der Waals surface area (Å²) in [6.07, 6.45) is 2.08. The quantitative estimate of drug-likeness (QED) is 0.155. The van der Waals surface area contributed by atoms with E-state index in [9.17, 15) is 0 Å². The number of aryl methyl sites for hydroxylation is 1. The molecule has 0 aromatic heterocycles. The fraction of sp³-hybridized carbons (Fsp3) is 0.0732. The van der Waals surface area contributed by atoms with Crippen LogP contribution < -0.4 is 15.9 Å². The summed E-state index contributed by atoms with van der Waals surface area (Å²) in [6, 6.07) is 58.3. The third kappa shape index (κ3) is 5.79. The fourth-order valence-corrected chi connectivity index (χ4v) is 9.99. The molecule has 0 amide bonds. The minimum atomic E-state index is -0.494. The Morgan fingerprint density at radius 1 is 0.465 bits per heavy atom. The molecule has 2 heteroatoms. The molecule has 0 saturated carbocycles. The molecule has 0 bridgehead atoms. The molecule has 0 nitrogen and oxygen atoms in total. The fourth-order valence-electron chi connectivity index (χ4n) is 6.21. The smallest absolute Gasteiger partial charge is 0.00137 e. The monoisotopic (exact) mass is 588 g/mol. The number of rotatable bonds is 8. The van der Waals surface area contributed by atoms with Gasteiger partial charge in [-0.15, -0.1) is 0 Å². The van der Waals surface area contributed by atoms with Crippen LogP contribution in [0.2, 0.25) is 0 Å². The van der Waals surface area contributed by atoms with Gasteiger partial charge in [-0.25, -0.2) is 0 Å². The molecular weight excluding hydrogens is 554 g/mol. The highest BCUT2D eigenvalue weighted by atomic mass is 31.1. The van der Waals surface area contributed by atoms with Crippen LogP contribution in [0.3, 0.4) is 0 Å². The maximum atomic E-state index is 2.38. The van der Waals surface area contributed by atoms with E-state index in [1.807, 2.05) is 0 Å². The SMILES string of the molecule is Cc1ccc2ccccc2c1-c1c(CPc2ccccc2CP(c2ccccc2)c2ccccc2)ccc2ccccc12. The summed E-state index contributed by atoms with van der Waals surface area (Å²) in [4.78, 5) is 0. The van der Waals surface area contributed by atoms with Gasteiger partial charge in [-0.1, -0.05) is 166 Å². The van der Waals surface area contributed by atoms with Crippen LogP contribution in [-0.2, 0) is 12.3 Å². The van der Waals surface area contributed by atoms with Crippen molar-refractivity contribution in [1.82, 2.24) is 0 Å². The molecule has 1 unspecified atom stereocenters. The molecule has 7 aromatic rings. The summed E-state index contributed by atoms with van der Waals surface area (Å²) in [5.74, 6) is 0. The van der Waals surface area contributed by atoms with Gasteiger partial charge >= 0.3 is 0 Å². The summed E-state index contributed by atoms with van der Waals surface area (Å²) in [6.45, 7) is 2.26. The largest absolute Gasteiger partial charge is 0.0856 e. The van der Waals surface area contributed by atoms with Crippen LogP contribution in [0.25, 0.3) is 32.7 Å². The molecule has 0 aliphatic heterocycles. The first kappa shape index (κ1) is 27.7. The van der Waals surface area contributed by atoms with Gasteiger partial charge in [-0.05, 0) is 86.3 Å². The first-order chi connectivity index (χ1) is 21.3. The van der Waals surface area contributed by atoms with Crippen LogP contribution in [-0.4, -0.2) is 0 Å². The van der Waals surface area contributed by atoms with E-state index < -0.39 is 7.92 Å². The third-order valence-electron chi connectivity index (χ3n) is 8.35. The van der Waals surface area contributed by atoms with E-state index in [-0.39, 0.29) is 0 Å². The Morgan fingerprint density at radius 3 is 1.67 bits per heavy atom. The second-order valence-electron chi connectivity index (χ2n) is 11.1. The van der Waals surface area contributed by atoms with Gasteiger partial charge in [0.1, 0.15) is 0 Å². The topological polar surface area (TPSA) is 0 Å². The van der Waals surface area contributed by atoms with Gasteiger partial charge in [-0.2, -0.15) is 0 Å². The Hall–Kier alpha value is -4.08. The van der Waals surface area contributed by atoms with Crippen LogP contribution in [0.1, 0.15) is 16.7 Å². The zero-order valence-corrected chi connectivity index (χ0v) is 26.3. The molecule has 208 valence electrons. The second-order valence-corrected chi connectivity index (χ2v) is 14.5. The average molecular weight is 589 g/mol. The zero-order chi connectivity index (χ0) is 29.0. The van der Waals surface area contributed by atoms with E-state index in [0.717, 1.165) is 12.3 Å². The van der Waals surface area contributed by atoms with Crippen molar-refractivity contribution in [2.75, 3.05) is 0 Å². The van der Waals surface area contributed by atoms with Crippen molar-refractivity contribution in [2.24, 2.45) is 0 Å². The van der Waals surface area contributed by atoms with Crippen molar-refractivity contribution < 1.29 is 0 Å². The summed E-state index contributed by atoms with van der Waals surface area (Å²) in [5.41, 5.74) is 7.01. The number of hydrogen-bond donors (Lipinski definition) is 0. The number of benzene rings is 7. The second kappa shape index (κ2) is 12.7. The molecule has 0 saturated heterocycles. The van der Waals surface area contributed by atoms with E-state index in [2.05, 4.69) is 165 Å². The van der Waals surface area contributed by atoms with Crippen molar-refractivity contribution >= 4 is 54.0 Å². The van der Waals surface area contributed by atoms with Gasteiger partial charge in [-0.3, -0.25) is 0 Å². The first-order valence-electron chi connectivity index (χ1n) is 14.9.